The maximum absolute atomic E-state index is 12.9. The minimum Gasteiger partial charge on any atom is -0.374 e. The smallest absolute Gasteiger partial charge is 0.374 e. The molecule has 0 aliphatic rings. The van der Waals surface area contributed by atoms with Gasteiger partial charge in [0.2, 0.25) is 0 Å². The molecule has 0 spiro atoms. The highest BCUT2D eigenvalue weighted by Gasteiger charge is 2.39. The van der Waals surface area contributed by atoms with E-state index in [-0.39, 0.29) is 11.6 Å². The maximum Gasteiger partial charge on any atom is 0.500 e. The first-order chi connectivity index (χ1) is 17.5. The second-order valence-electron chi connectivity index (χ2n) is 8.79. The first kappa shape index (κ1) is 33.6. The number of aliphatic imine (C=N–C) groups is 1. The van der Waals surface area contributed by atoms with Gasteiger partial charge >= 0.3 is 21.2 Å². The van der Waals surface area contributed by atoms with E-state index in [1.807, 2.05) is 20.8 Å². The Kier molecular flexibility index (Phi) is 15.6. The van der Waals surface area contributed by atoms with Gasteiger partial charge in [0, 0.05) is 38.6 Å². The van der Waals surface area contributed by atoms with E-state index in [1.165, 1.54) is 0 Å². The fourth-order valence-electron chi connectivity index (χ4n) is 4.01. The van der Waals surface area contributed by atoms with E-state index in [0.29, 0.717) is 38.5 Å². The molecule has 0 heterocycles. The van der Waals surface area contributed by atoms with Crippen molar-refractivity contribution in [3.8, 4) is 0 Å². The van der Waals surface area contributed by atoms with Crippen molar-refractivity contribution in [2.24, 2.45) is 4.99 Å². The highest BCUT2D eigenvalue weighted by Crippen LogP contribution is 2.36. The summed E-state index contributed by atoms with van der Waals surface area (Å²) in [5.74, 6) is 0. The van der Waals surface area contributed by atoms with Crippen molar-refractivity contribution in [3.63, 3.8) is 0 Å². The van der Waals surface area contributed by atoms with Crippen molar-refractivity contribution >= 4 is 15.0 Å². The molecule has 0 aliphatic heterocycles. The standard InChI is InChI=1S/C26H41F6NO3Si/c1-4-34-37(35-5-2,36-6-3)17-15-13-11-9-7-8-10-12-14-16-33-21-22-18-23(25(27,28)29)20-24(19-22)26(30,31)32/h18-21H,4-17H2,1-3H3. The van der Waals surface area contributed by atoms with Crippen molar-refractivity contribution in [2.75, 3.05) is 26.4 Å². The maximum atomic E-state index is 12.9. The van der Waals surface area contributed by atoms with Crippen LogP contribution in [0, 0.1) is 0 Å². The molecule has 37 heavy (non-hydrogen) atoms. The van der Waals surface area contributed by atoms with Crippen LogP contribution in [0.15, 0.2) is 23.2 Å². The van der Waals surface area contributed by atoms with E-state index >= 15 is 0 Å². The van der Waals surface area contributed by atoms with Gasteiger partial charge in [-0.3, -0.25) is 4.99 Å². The SMILES string of the molecule is CCO[Si](CCCCCCCCCCCN=Cc1cc(C(F)(F)F)cc(C(F)(F)F)c1)(OCC)OCC. The monoisotopic (exact) mass is 557 g/mol. The number of benzene rings is 1. The number of rotatable bonds is 19. The molecule has 11 heteroatoms. The average Bonchev–Trinajstić information content (AvgIpc) is 2.81. The lowest BCUT2D eigenvalue weighted by Gasteiger charge is -2.28. The molecule has 0 saturated carbocycles. The molecule has 214 valence electrons. The van der Waals surface area contributed by atoms with Gasteiger partial charge < -0.3 is 13.3 Å². The van der Waals surface area contributed by atoms with E-state index in [0.717, 1.165) is 70.0 Å². The van der Waals surface area contributed by atoms with Crippen LogP contribution >= 0.6 is 0 Å². The van der Waals surface area contributed by atoms with Gasteiger partial charge in [0.25, 0.3) is 0 Å². The topological polar surface area (TPSA) is 40.0 Å². The van der Waals surface area contributed by atoms with Crippen LogP contribution < -0.4 is 0 Å². The quantitative estimate of drug-likeness (QED) is 0.0739. The normalized spacial score (nSPS) is 13.1. The van der Waals surface area contributed by atoms with Crippen LogP contribution in [-0.4, -0.2) is 41.4 Å². The largest absolute Gasteiger partial charge is 0.500 e. The summed E-state index contributed by atoms with van der Waals surface area (Å²) in [6.07, 6.45) is 0.650. The van der Waals surface area contributed by atoms with Crippen molar-refractivity contribution < 1.29 is 39.6 Å². The summed E-state index contributed by atoms with van der Waals surface area (Å²) in [6, 6.07) is 2.33. The predicted molar refractivity (Wildman–Crippen MR) is 136 cm³/mol. The molecule has 0 bridgehead atoms. The molecule has 1 rings (SSSR count). The van der Waals surface area contributed by atoms with Gasteiger partial charge in [0.05, 0.1) is 11.1 Å². The average molecular weight is 558 g/mol. The van der Waals surface area contributed by atoms with Crippen LogP contribution in [-0.2, 0) is 25.6 Å². The van der Waals surface area contributed by atoms with Crippen molar-refractivity contribution in [3.05, 3.63) is 34.9 Å². The lowest BCUT2D eigenvalue weighted by Crippen LogP contribution is -2.45. The van der Waals surface area contributed by atoms with Crippen molar-refractivity contribution in [2.45, 2.75) is 97.0 Å². The summed E-state index contributed by atoms with van der Waals surface area (Å²) in [5.41, 5.74) is -2.86. The lowest BCUT2D eigenvalue weighted by molar-refractivity contribution is -0.143. The van der Waals surface area contributed by atoms with E-state index in [2.05, 4.69) is 4.99 Å². The summed E-state index contributed by atoms with van der Waals surface area (Å²) in [7, 11) is -2.55. The molecule has 0 fully saturated rings. The Balaban J connectivity index is 2.25. The van der Waals surface area contributed by atoms with Crippen LogP contribution in [0.4, 0.5) is 26.3 Å². The summed E-state index contributed by atoms with van der Waals surface area (Å²) in [6.45, 7) is 7.98. The number of halogens is 6. The number of alkyl halides is 6. The van der Waals surface area contributed by atoms with Gasteiger partial charge in [-0.05, 0) is 57.4 Å². The van der Waals surface area contributed by atoms with E-state index in [9.17, 15) is 26.3 Å². The predicted octanol–water partition coefficient (Wildman–Crippen LogP) is 8.70. The zero-order chi connectivity index (χ0) is 27.8. The number of nitrogens with zero attached hydrogens (tertiary/aromatic N) is 1. The third-order valence-electron chi connectivity index (χ3n) is 5.71. The minimum absolute atomic E-state index is 0.120. The van der Waals surface area contributed by atoms with E-state index in [1.54, 1.807) is 0 Å². The molecule has 1 aromatic rings. The van der Waals surface area contributed by atoms with Crippen LogP contribution in [0.25, 0.3) is 0 Å². The minimum atomic E-state index is -4.85. The molecular formula is C26H41F6NO3Si. The molecule has 1 aromatic carbocycles. The Morgan fingerprint density at radius 3 is 1.46 bits per heavy atom. The molecular weight excluding hydrogens is 516 g/mol. The Morgan fingerprint density at radius 2 is 1.05 bits per heavy atom. The second kappa shape index (κ2) is 17.2. The number of hydrogen-bond acceptors (Lipinski definition) is 4. The highest BCUT2D eigenvalue weighted by molar-refractivity contribution is 6.60. The molecule has 0 aliphatic carbocycles. The van der Waals surface area contributed by atoms with Crippen LogP contribution in [0.3, 0.4) is 0 Å². The van der Waals surface area contributed by atoms with Gasteiger partial charge in [-0.2, -0.15) is 26.3 Å². The summed E-state index contributed by atoms with van der Waals surface area (Å²) < 4.78 is 95.1. The van der Waals surface area contributed by atoms with Crippen LogP contribution in [0.2, 0.25) is 6.04 Å². The molecule has 0 atom stereocenters. The number of unbranched alkanes of at least 4 members (excludes halogenated alkanes) is 8. The van der Waals surface area contributed by atoms with E-state index in [4.69, 9.17) is 13.3 Å². The second-order valence-corrected chi connectivity index (χ2v) is 11.5. The Labute approximate surface area is 218 Å². The summed E-state index contributed by atoms with van der Waals surface area (Å²) in [5, 5.41) is 0. The lowest BCUT2D eigenvalue weighted by atomic mass is 10.1. The molecule has 0 unspecified atom stereocenters. The molecule has 0 N–H and O–H groups in total. The van der Waals surface area contributed by atoms with Crippen LogP contribution in [0.5, 0.6) is 0 Å². The summed E-state index contributed by atoms with van der Waals surface area (Å²) >= 11 is 0. The van der Waals surface area contributed by atoms with Gasteiger partial charge in [-0.15, -0.1) is 0 Å². The van der Waals surface area contributed by atoms with Crippen LogP contribution in [0.1, 0.15) is 95.2 Å². The van der Waals surface area contributed by atoms with Crippen molar-refractivity contribution in [1.29, 1.82) is 0 Å². The van der Waals surface area contributed by atoms with Crippen molar-refractivity contribution in [1.82, 2.24) is 0 Å². The Hall–Kier alpha value is -1.43. The Bertz CT molecular complexity index is 737. The highest BCUT2D eigenvalue weighted by atomic mass is 28.4. The molecule has 4 nitrogen and oxygen atoms in total. The zero-order valence-electron chi connectivity index (χ0n) is 22.1. The molecule has 0 amide bonds. The molecule has 0 radical (unpaired) electrons. The zero-order valence-corrected chi connectivity index (χ0v) is 23.1. The Morgan fingerprint density at radius 1 is 0.649 bits per heavy atom. The fraction of sp³-hybridized carbons (Fsp3) is 0.731. The summed E-state index contributed by atoms with van der Waals surface area (Å²) in [4.78, 5) is 4.03. The first-order valence-corrected chi connectivity index (χ1v) is 15.1. The van der Waals surface area contributed by atoms with Gasteiger partial charge in [-0.25, -0.2) is 0 Å². The number of hydrogen-bond donors (Lipinski definition) is 0. The molecule has 0 saturated heterocycles. The van der Waals surface area contributed by atoms with Gasteiger partial charge in [0.15, 0.2) is 0 Å². The third kappa shape index (κ3) is 13.8. The molecule has 0 aromatic heterocycles. The fourth-order valence-corrected chi connectivity index (χ4v) is 6.69. The third-order valence-corrected chi connectivity index (χ3v) is 8.86. The van der Waals surface area contributed by atoms with E-state index < -0.39 is 32.3 Å². The van der Waals surface area contributed by atoms with Gasteiger partial charge in [-0.1, -0.05) is 44.9 Å². The van der Waals surface area contributed by atoms with Gasteiger partial charge in [0.1, 0.15) is 0 Å². The first-order valence-electron chi connectivity index (χ1n) is 13.2.